The highest BCUT2D eigenvalue weighted by Crippen LogP contribution is 2.86. The first-order valence-corrected chi connectivity index (χ1v) is 33.0. The highest BCUT2D eigenvalue weighted by atomic mass is 16.6. The van der Waals surface area contributed by atoms with Crippen LogP contribution in [0.1, 0.15) is 38.9 Å². The third-order valence-corrected chi connectivity index (χ3v) is 29.0. The Labute approximate surface area is 509 Å². The molecule has 0 saturated heterocycles. The van der Waals surface area contributed by atoms with E-state index in [-0.39, 0.29) is 10.6 Å². The SMILES string of the molecule is O=[N+]([O-])c1ccc(N2N=C(c3cc(/C=C/[C]4[CH][CH][CH][CH]4)cc(/C=C/[C]4[CH][CH][CH][CH]4)c3)C34c5c6c7c8c9c%10c(c%11c%12c3c3c5c5c%13c6c6c7c7c9c9c%14c%10c%10c%11c%11c%12c%12c3c3c5c5c%13c%13c6c6c7c9c7c9c%14c%10c%10c%11c%11c%12c3c3c5c5c%13c6c7c6c9c%10c%11c3c56)C824)cc1. The van der Waals surface area contributed by atoms with E-state index in [0.717, 1.165) is 28.1 Å². The molecular formula is C87H19N3O2. The van der Waals surface area contributed by atoms with E-state index in [1.807, 2.05) is 0 Å². The number of allylic oxidation sites excluding steroid dienone is 2. The number of hydrogen-bond acceptors (Lipinski definition) is 4. The molecule has 0 amide bonds. The van der Waals surface area contributed by atoms with Gasteiger partial charge in [0.05, 0.1) is 16.3 Å². The first kappa shape index (κ1) is 38.7. The number of anilines is 1. The molecule has 30 aromatic carbocycles. The first-order valence-electron chi connectivity index (χ1n) is 33.0. The molecule has 10 radical (unpaired) electrons. The number of benzene rings is 20. The van der Waals surface area contributed by atoms with Crippen molar-refractivity contribution in [3.63, 3.8) is 0 Å². The van der Waals surface area contributed by atoms with Gasteiger partial charge in [-0.05, 0) is 395 Å². The summed E-state index contributed by atoms with van der Waals surface area (Å²) in [6, 6.07) is 15.0. The molecular weight excluding hydrogens is 1120 g/mol. The normalized spacial score (nSPS) is 22.3. The first-order chi connectivity index (χ1) is 45.6. The Bertz CT molecular complexity index is 8380. The van der Waals surface area contributed by atoms with Crippen molar-refractivity contribution in [2.75, 3.05) is 5.01 Å². The Morgan fingerprint density at radius 2 is 0.565 bits per heavy atom. The van der Waals surface area contributed by atoms with Gasteiger partial charge in [0, 0.05) is 40.7 Å². The topological polar surface area (TPSA) is 58.7 Å². The van der Waals surface area contributed by atoms with Crippen LogP contribution in [0, 0.1) is 73.3 Å². The minimum Gasteiger partial charge on any atom is -0.258 e. The van der Waals surface area contributed by atoms with Crippen LogP contribution in [0.15, 0.2) is 59.7 Å². The fraction of sp³-hybridized carbons (Fsp3) is 0.0230. The molecule has 5 nitrogen and oxygen atoms in total. The lowest BCUT2D eigenvalue weighted by Crippen LogP contribution is -2.59. The third-order valence-electron chi connectivity index (χ3n) is 29.0. The highest BCUT2D eigenvalue weighted by Gasteiger charge is 2.77. The van der Waals surface area contributed by atoms with Crippen LogP contribution in [0.4, 0.5) is 11.4 Å². The Morgan fingerprint density at radius 1 is 0.315 bits per heavy atom. The van der Waals surface area contributed by atoms with Gasteiger partial charge in [-0.15, -0.1) is 0 Å². The van der Waals surface area contributed by atoms with E-state index in [2.05, 4.69) is 111 Å². The summed E-state index contributed by atoms with van der Waals surface area (Å²) in [5.41, 5.74) is 9.47. The molecule has 92 heavy (non-hydrogen) atoms. The van der Waals surface area contributed by atoms with E-state index in [4.69, 9.17) is 5.10 Å². The summed E-state index contributed by atoms with van der Waals surface area (Å²) >= 11 is 0. The minimum absolute atomic E-state index is 0.0933. The number of hydrazone groups is 1. The smallest absolute Gasteiger partial charge is 0.258 e. The van der Waals surface area contributed by atoms with Gasteiger partial charge in [0.15, 0.2) is 0 Å². The number of non-ortho nitro benzene ring substituents is 1. The monoisotopic (exact) mass is 1140 g/mol. The molecule has 394 valence electrons. The second-order valence-corrected chi connectivity index (χ2v) is 30.7. The molecule has 6 aliphatic carbocycles. The van der Waals surface area contributed by atoms with E-state index in [0.29, 0.717) is 0 Å². The lowest BCUT2D eigenvalue weighted by Gasteiger charge is -2.53. The van der Waals surface area contributed by atoms with Crippen molar-refractivity contribution in [3.8, 4) is 0 Å². The Hall–Kier alpha value is -10.8. The van der Waals surface area contributed by atoms with Crippen LogP contribution in [-0.4, -0.2) is 10.6 Å². The highest BCUT2D eigenvalue weighted by molar-refractivity contribution is 6.82. The Morgan fingerprint density at radius 3 is 0.826 bits per heavy atom. The largest absolute Gasteiger partial charge is 0.269 e. The van der Waals surface area contributed by atoms with Gasteiger partial charge in [0.2, 0.25) is 0 Å². The summed E-state index contributed by atoms with van der Waals surface area (Å²) < 4.78 is 0. The van der Waals surface area contributed by atoms with E-state index in [9.17, 15) is 10.1 Å². The summed E-state index contributed by atoms with van der Waals surface area (Å²) in [4.78, 5) is 12.8. The summed E-state index contributed by atoms with van der Waals surface area (Å²) in [5.74, 6) is 2.35. The molecule has 1 aliphatic heterocycles. The number of nitro benzene ring substituents is 1. The molecule has 0 N–H and O–H groups in total. The summed E-state index contributed by atoms with van der Waals surface area (Å²) in [6.07, 6.45) is 26.5. The Balaban J connectivity index is 0.914. The van der Waals surface area contributed by atoms with Crippen molar-refractivity contribution < 1.29 is 4.92 Å². The molecule has 2 fully saturated rings. The van der Waals surface area contributed by atoms with E-state index >= 15 is 0 Å². The quantitative estimate of drug-likeness (QED) is 0.0908. The van der Waals surface area contributed by atoms with Crippen LogP contribution in [0.2, 0.25) is 0 Å². The summed E-state index contributed by atoms with van der Waals surface area (Å²) in [7, 11) is 0. The number of hydrogen-bond donors (Lipinski definition) is 0. The van der Waals surface area contributed by atoms with Gasteiger partial charge < -0.3 is 0 Å². The van der Waals surface area contributed by atoms with Crippen molar-refractivity contribution in [2.24, 2.45) is 5.10 Å². The van der Waals surface area contributed by atoms with E-state index in [1.54, 1.807) is 163 Å². The van der Waals surface area contributed by atoms with Gasteiger partial charge in [-0.1, -0.05) is 24.3 Å². The molecule has 0 unspecified atom stereocenters. The average Bonchev–Trinajstić information content (AvgIpc) is 1.38. The minimum atomic E-state index is -0.962. The van der Waals surface area contributed by atoms with Crippen LogP contribution >= 0.6 is 0 Å². The van der Waals surface area contributed by atoms with Crippen LogP contribution in [0.5, 0.6) is 0 Å². The maximum Gasteiger partial charge on any atom is 0.269 e. The van der Waals surface area contributed by atoms with Crippen molar-refractivity contribution in [2.45, 2.75) is 11.0 Å². The zero-order chi connectivity index (χ0) is 56.4. The van der Waals surface area contributed by atoms with Crippen molar-refractivity contribution in [3.05, 3.63) is 167 Å². The molecule has 37 rings (SSSR count). The van der Waals surface area contributed by atoms with E-state index in [1.165, 1.54) is 174 Å². The van der Waals surface area contributed by atoms with Gasteiger partial charge in [-0.2, -0.15) is 5.10 Å². The lowest BCUT2D eigenvalue weighted by atomic mass is 9.50. The fourth-order valence-corrected chi connectivity index (χ4v) is 27.9. The van der Waals surface area contributed by atoms with Crippen LogP contribution in [0.25, 0.3) is 303 Å². The summed E-state index contributed by atoms with van der Waals surface area (Å²) in [6.45, 7) is 0. The maximum atomic E-state index is 13.0. The van der Waals surface area contributed by atoms with E-state index < -0.39 is 11.0 Å². The van der Waals surface area contributed by atoms with Gasteiger partial charge >= 0.3 is 0 Å². The summed E-state index contributed by atoms with van der Waals surface area (Å²) in [5, 5.41) is 105. The molecule has 5 heteroatoms. The molecule has 2 spiro atoms. The van der Waals surface area contributed by atoms with Crippen LogP contribution in [0.3, 0.4) is 0 Å². The molecule has 1 heterocycles. The fourth-order valence-electron chi connectivity index (χ4n) is 27.9. The van der Waals surface area contributed by atoms with Gasteiger partial charge in [0.1, 0.15) is 11.0 Å². The standard InChI is InChI=1S/C87H19N3O2/c91-90(92)26-15-13-25(14-16-26)89-87-83-77-71-61-49-41-33-29-27-28-31-35(33)43(49)53-47-39(31)40-32(28)36-34-30(27)38-37(29)45-51(41)59-65-55(45)56-46(38)52-42(34)50-44(36)54-48(40)58-57(47)69(63(53)71)79(83)80-70(58)64(54)72-62(50)68-60(52)66(56)74-73(65)81(75(77)67(59)61)86(87,82(74)76(68)78(72)84(80)87)85(88-89)24-18-22(11-9-20-5-1-2-6-20)17-23(19-24)12-10-21-7-3-4-8-21/h1-19H/b11-9+,12-10+. The van der Waals surface area contributed by atoms with Crippen molar-refractivity contribution >= 4 is 320 Å². The number of rotatable bonds is 7. The van der Waals surface area contributed by atoms with Gasteiger partial charge in [0.25, 0.3) is 5.69 Å². The molecule has 0 atom stereocenters. The van der Waals surface area contributed by atoms with Crippen LogP contribution in [-0.2, 0) is 11.0 Å². The second kappa shape index (κ2) is 9.93. The van der Waals surface area contributed by atoms with Crippen LogP contribution < -0.4 is 5.01 Å². The zero-order valence-corrected chi connectivity index (χ0v) is 47.1. The lowest BCUT2D eigenvalue weighted by molar-refractivity contribution is -0.384. The van der Waals surface area contributed by atoms with Crippen molar-refractivity contribution in [1.29, 1.82) is 0 Å². The predicted molar refractivity (Wildman–Crippen MR) is 381 cm³/mol. The molecule has 30 aromatic rings. The Kier molecular flexibility index (Phi) is 4.18. The maximum absolute atomic E-state index is 13.0. The van der Waals surface area contributed by atoms with Gasteiger partial charge in [-0.25, -0.2) is 5.01 Å². The second-order valence-electron chi connectivity index (χ2n) is 30.7. The third kappa shape index (κ3) is 2.55. The van der Waals surface area contributed by atoms with Gasteiger partial charge in [-0.3, -0.25) is 10.1 Å². The molecule has 0 bridgehead atoms. The van der Waals surface area contributed by atoms with Crippen molar-refractivity contribution in [1.82, 2.24) is 0 Å². The average molecular weight is 1140 g/mol. The predicted octanol–water partition coefficient (Wildman–Crippen LogP) is 21.9. The number of nitro groups is 1. The number of nitrogens with zero attached hydrogens (tertiary/aromatic N) is 3. The zero-order valence-electron chi connectivity index (χ0n) is 47.1. The molecule has 7 aliphatic rings. The molecule has 2 saturated carbocycles. The molecule has 0 aromatic heterocycles.